The van der Waals surface area contributed by atoms with Gasteiger partial charge in [0.2, 0.25) is 0 Å². The van der Waals surface area contributed by atoms with Gasteiger partial charge in [0.1, 0.15) is 0 Å². The van der Waals surface area contributed by atoms with Gasteiger partial charge in [0.25, 0.3) is 0 Å². The molecule has 1 aromatic rings. The number of nitrogens with zero attached hydrogens (tertiary/aromatic N) is 2. The molecule has 1 aliphatic heterocycles. The van der Waals surface area contributed by atoms with Crippen LogP contribution in [0.4, 0.5) is 5.69 Å². The summed E-state index contributed by atoms with van der Waals surface area (Å²) in [6.45, 7) is 6.63. The molecule has 0 spiro atoms. The van der Waals surface area contributed by atoms with E-state index in [4.69, 9.17) is 5.26 Å². The molecule has 0 aliphatic carbocycles. The van der Waals surface area contributed by atoms with Crippen LogP contribution in [0.3, 0.4) is 0 Å². The quantitative estimate of drug-likeness (QED) is 0.818. The van der Waals surface area contributed by atoms with Gasteiger partial charge in [-0.1, -0.05) is 35.8 Å². The average molecular weight is 307 g/mol. The van der Waals surface area contributed by atoms with Crippen LogP contribution in [0.1, 0.15) is 26.7 Å². The van der Waals surface area contributed by atoms with Crippen molar-refractivity contribution < 1.29 is 0 Å². The number of piperidine rings is 1. The van der Waals surface area contributed by atoms with E-state index in [-0.39, 0.29) is 5.41 Å². The predicted molar refractivity (Wildman–Crippen MR) is 78.5 cm³/mol. The van der Waals surface area contributed by atoms with E-state index in [0.29, 0.717) is 12.3 Å². The van der Waals surface area contributed by atoms with Gasteiger partial charge < -0.3 is 4.90 Å². The Balaban J connectivity index is 2.16. The van der Waals surface area contributed by atoms with Crippen molar-refractivity contribution >= 4 is 21.6 Å². The summed E-state index contributed by atoms with van der Waals surface area (Å²) in [6, 6.07) is 10.8. The monoisotopic (exact) mass is 306 g/mol. The van der Waals surface area contributed by atoms with Crippen LogP contribution in [0.2, 0.25) is 0 Å². The van der Waals surface area contributed by atoms with Gasteiger partial charge in [0.05, 0.1) is 6.07 Å². The van der Waals surface area contributed by atoms with Crippen molar-refractivity contribution in [2.45, 2.75) is 26.7 Å². The molecule has 2 rings (SSSR count). The third kappa shape index (κ3) is 2.87. The van der Waals surface area contributed by atoms with Crippen molar-refractivity contribution in [3.8, 4) is 6.07 Å². The molecule has 0 saturated carbocycles. The smallest absolute Gasteiger partial charge is 0.0625 e. The molecule has 3 heteroatoms. The molecule has 0 aromatic heterocycles. The summed E-state index contributed by atoms with van der Waals surface area (Å²) in [5, 5.41) is 8.98. The van der Waals surface area contributed by atoms with E-state index in [1.807, 2.05) is 6.07 Å². The minimum absolute atomic E-state index is 0.276. The van der Waals surface area contributed by atoms with Gasteiger partial charge in [-0.3, -0.25) is 0 Å². The summed E-state index contributed by atoms with van der Waals surface area (Å²) in [5.74, 6) is 0.454. The average Bonchev–Trinajstić information content (AvgIpc) is 2.32. The first-order chi connectivity index (χ1) is 8.53. The van der Waals surface area contributed by atoms with Crippen molar-refractivity contribution in [3.63, 3.8) is 0 Å². The summed E-state index contributed by atoms with van der Waals surface area (Å²) in [6.07, 6.45) is 1.80. The Morgan fingerprint density at radius 1 is 1.50 bits per heavy atom. The van der Waals surface area contributed by atoms with Crippen LogP contribution in [-0.4, -0.2) is 13.1 Å². The lowest BCUT2D eigenvalue weighted by Crippen LogP contribution is -2.44. The molecular formula is C15H19BrN2. The fourth-order valence-corrected chi connectivity index (χ4v) is 2.98. The van der Waals surface area contributed by atoms with Gasteiger partial charge in [-0.15, -0.1) is 0 Å². The largest absolute Gasteiger partial charge is 0.371 e. The van der Waals surface area contributed by atoms with Gasteiger partial charge in [-0.05, 0) is 36.0 Å². The van der Waals surface area contributed by atoms with Gasteiger partial charge >= 0.3 is 0 Å². The summed E-state index contributed by atoms with van der Waals surface area (Å²) in [7, 11) is 0. The Morgan fingerprint density at radius 2 is 2.28 bits per heavy atom. The number of hydrogen-bond acceptors (Lipinski definition) is 2. The molecule has 0 N–H and O–H groups in total. The standard InChI is InChI=1S/C15H19BrN2/c1-15(2)7-9-18(11-12(15)6-8-17)14-5-3-4-13(16)10-14/h3-5,10,12H,6-7,9,11H2,1-2H3. The minimum Gasteiger partial charge on any atom is -0.371 e. The normalized spacial score (nSPS) is 22.6. The summed E-state index contributed by atoms with van der Waals surface area (Å²) >= 11 is 3.52. The van der Waals surface area contributed by atoms with E-state index < -0.39 is 0 Å². The van der Waals surface area contributed by atoms with Gasteiger partial charge in [0.15, 0.2) is 0 Å². The Bertz CT molecular complexity index is 462. The van der Waals surface area contributed by atoms with Crippen LogP contribution in [0, 0.1) is 22.7 Å². The molecule has 2 nitrogen and oxygen atoms in total. The fourth-order valence-electron chi connectivity index (χ4n) is 2.59. The summed E-state index contributed by atoms with van der Waals surface area (Å²) < 4.78 is 1.11. The highest BCUT2D eigenvalue weighted by Gasteiger charge is 2.35. The van der Waals surface area contributed by atoms with Crippen LogP contribution in [0.15, 0.2) is 28.7 Å². The lowest BCUT2D eigenvalue weighted by Gasteiger charge is -2.44. The SMILES string of the molecule is CC1(C)CCN(c2cccc(Br)c2)CC1CC#N. The van der Waals surface area contributed by atoms with E-state index in [0.717, 1.165) is 24.0 Å². The molecule has 1 unspecified atom stereocenters. The third-order valence-electron chi connectivity index (χ3n) is 4.08. The maximum absolute atomic E-state index is 8.98. The molecule has 0 radical (unpaired) electrons. The molecular weight excluding hydrogens is 288 g/mol. The number of nitriles is 1. The molecule has 0 bridgehead atoms. The second-order valence-electron chi connectivity index (χ2n) is 5.72. The molecule has 1 aliphatic rings. The molecule has 1 heterocycles. The Kier molecular flexibility index (Phi) is 3.97. The van der Waals surface area contributed by atoms with Crippen LogP contribution in [0.25, 0.3) is 0 Å². The number of anilines is 1. The van der Waals surface area contributed by atoms with Crippen LogP contribution in [-0.2, 0) is 0 Å². The molecule has 96 valence electrons. The number of rotatable bonds is 2. The number of halogens is 1. The van der Waals surface area contributed by atoms with Crippen molar-refractivity contribution in [2.24, 2.45) is 11.3 Å². The van der Waals surface area contributed by atoms with Gasteiger partial charge in [0, 0.05) is 29.7 Å². The van der Waals surface area contributed by atoms with Crippen molar-refractivity contribution in [1.82, 2.24) is 0 Å². The molecule has 1 atom stereocenters. The zero-order valence-electron chi connectivity index (χ0n) is 11.0. The highest BCUT2D eigenvalue weighted by Crippen LogP contribution is 2.39. The highest BCUT2D eigenvalue weighted by molar-refractivity contribution is 9.10. The van der Waals surface area contributed by atoms with E-state index in [1.54, 1.807) is 0 Å². The Hall–Kier alpha value is -1.01. The second-order valence-corrected chi connectivity index (χ2v) is 6.64. The van der Waals surface area contributed by atoms with E-state index >= 15 is 0 Å². The highest BCUT2D eigenvalue weighted by atomic mass is 79.9. The van der Waals surface area contributed by atoms with E-state index in [1.165, 1.54) is 5.69 Å². The van der Waals surface area contributed by atoms with Crippen LogP contribution >= 0.6 is 15.9 Å². The predicted octanol–water partition coefficient (Wildman–Crippen LogP) is 4.22. The number of benzene rings is 1. The summed E-state index contributed by atoms with van der Waals surface area (Å²) in [4.78, 5) is 2.40. The van der Waals surface area contributed by atoms with Gasteiger partial charge in [-0.25, -0.2) is 0 Å². The van der Waals surface area contributed by atoms with Crippen LogP contribution < -0.4 is 4.90 Å². The molecule has 1 fully saturated rings. The topological polar surface area (TPSA) is 27.0 Å². The third-order valence-corrected chi connectivity index (χ3v) is 4.58. The molecule has 1 saturated heterocycles. The van der Waals surface area contributed by atoms with Crippen molar-refractivity contribution in [2.75, 3.05) is 18.0 Å². The second kappa shape index (κ2) is 5.32. The Labute approximate surface area is 118 Å². The zero-order valence-corrected chi connectivity index (χ0v) is 12.6. The molecule has 18 heavy (non-hydrogen) atoms. The lowest BCUT2D eigenvalue weighted by molar-refractivity contribution is 0.174. The first kappa shape index (κ1) is 13.4. The van der Waals surface area contributed by atoms with Gasteiger partial charge in [-0.2, -0.15) is 5.26 Å². The van der Waals surface area contributed by atoms with Crippen molar-refractivity contribution in [3.05, 3.63) is 28.7 Å². The maximum Gasteiger partial charge on any atom is 0.0625 e. The Morgan fingerprint density at radius 3 is 2.94 bits per heavy atom. The van der Waals surface area contributed by atoms with Crippen molar-refractivity contribution in [1.29, 1.82) is 5.26 Å². The lowest BCUT2D eigenvalue weighted by atomic mass is 9.72. The fraction of sp³-hybridized carbons (Fsp3) is 0.533. The maximum atomic E-state index is 8.98. The molecule has 0 amide bonds. The summed E-state index contributed by atoms with van der Waals surface area (Å²) in [5.41, 5.74) is 1.53. The molecule has 1 aromatic carbocycles. The van der Waals surface area contributed by atoms with E-state index in [9.17, 15) is 0 Å². The number of hydrogen-bond donors (Lipinski definition) is 0. The zero-order chi connectivity index (χ0) is 13.2. The first-order valence-electron chi connectivity index (χ1n) is 6.40. The van der Waals surface area contributed by atoms with E-state index in [2.05, 4.69) is 58.9 Å². The van der Waals surface area contributed by atoms with Crippen LogP contribution in [0.5, 0.6) is 0 Å². The minimum atomic E-state index is 0.276. The first-order valence-corrected chi connectivity index (χ1v) is 7.20.